The van der Waals surface area contributed by atoms with E-state index in [0.29, 0.717) is 100 Å². The Morgan fingerprint density at radius 3 is 2.19 bits per heavy atom. The lowest BCUT2D eigenvalue weighted by Gasteiger charge is -2.41. The summed E-state index contributed by atoms with van der Waals surface area (Å²) in [6.07, 6.45) is 5.38. The van der Waals surface area contributed by atoms with Gasteiger partial charge in [-0.3, -0.25) is 29.6 Å². The number of rotatable bonds is 15. The molecule has 6 aromatic rings. The number of amides is 5. The highest BCUT2D eigenvalue weighted by atomic mass is 35.5. The number of hydrogen-bond donors (Lipinski definition) is 1. The quantitative estimate of drug-likeness (QED) is 0.0973. The summed E-state index contributed by atoms with van der Waals surface area (Å²) in [7, 11) is 3.16. The van der Waals surface area contributed by atoms with Crippen molar-refractivity contribution in [2.45, 2.75) is 92.3 Å². The van der Waals surface area contributed by atoms with Crippen molar-refractivity contribution in [3.8, 4) is 23.0 Å². The van der Waals surface area contributed by atoms with Gasteiger partial charge in [0.2, 0.25) is 5.91 Å². The van der Waals surface area contributed by atoms with Gasteiger partial charge in [0.05, 0.1) is 67.2 Å². The van der Waals surface area contributed by atoms with Gasteiger partial charge in [-0.15, -0.1) is 0 Å². The van der Waals surface area contributed by atoms with E-state index in [-0.39, 0.29) is 48.5 Å². The summed E-state index contributed by atoms with van der Waals surface area (Å²) in [5.74, 6) is 2.17. The minimum Gasteiger partial charge on any atom is -0.497 e. The van der Waals surface area contributed by atoms with Crippen molar-refractivity contribution in [1.29, 1.82) is 0 Å². The van der Waals surface area contributed by atoms with E-state index in [1.165, 1.54) is 23.1 Å². The van der Waals surface area contributed by atoms with Gasteiger partial charge in [-0.2, -0.15) is 0 Å². The van der Waals surface area contributed by atoms with Crippen LogP contribution in [-0.2, 0) is 9.53 Å². The normalized spacial score (nSPS) is 19.6. The molecule has 5 aromatic carbocycles. The Bertz CT molecular complexity index is 3250. The fourth-order valence-corrected chi connectivity index (χ4v) is 12.8. The highest BCUT2D eigenvalue weighted by molar-refractivity contribution is 8.01. The monoisotopic (exact) mass is 1160 g/mol. The van der Waals surface area contributed by atoms with Gasteiger partial charge >= 0.3 is 6.03 Å². The molecule has 16 nitrogen and oxygen atoms in total. The van der Waals surface area contributed by atoms with Crippen LogP contribution in [0.1, 0.15) is 101 Å². The smallest absolute Gasteiger partial charge is 0.326 e. The summed E-state index contributed by atoms with van der Waals surface area (Å²) in [6.45, 7) is 8.50. The van der Waals surface area contributed by atoms with Crippen molar-refractivity contribution in [2.75, 3.05) is 65.5 Å². The Balaban J connectivity index is 0.767. The first-order chi connectivity index (χ1) is 38.7. The molecule has 0 radical (unpaired) electrons. The van der Waals surface area contributed by atoms with Gasteiger partial charge in [0.25, 0.3) is 11.8 Å². The molecule has 0 bridgehead atoms. The first-order valence-electron chi connectivity index (χ1n) is 26.8. The zero-order chi connectivity index (χ0) is 56.0. The fourth-order valence-electron chi connectivity index (χ4n) is 10.6. The van der Waals surface area contributed by atoms with E-state index in [1.54, 1.807) is 77.6 Å². The van der Waals surface area contributed by atoms with Crippen LogP contribution in [0, 0.1) is 6.92 Å². The molecule has 1 aromatic heterocycles. The van der Waals surface area contributed by atoms with Gasteiger partial charge in [0, 0.05) is 58.8 Å². The number of ether oxygens (including phenoxy) is 5. The number of halogens is 2. The van der Waals surface area contributed by atoms with Crippen molar-refractivity contribution >= 4 is 81.0 Å². The number of carbonyl (C=O) groups excluding carboxylic acids is 4. The van der Waals surface area contributed by atoms with E-state index in [4.69, 9.17) is 51.9 Å². The van der Waals surface area contributed by atoms with Gasteiger partial charge in [-0.05, 0) is 142 Å². The number of anilines is 1. The van der Waals surface area contributed by atoms with Crippen LogP contribution < -0.4 is 24.3 Å². The van der Waals surface area contributed by atoms with Crippen LogP contribution in [0.5, 0.6) is 23.0 Å². The predicted molar refractivity (Wildman–Crippen MR) is 311 cm³/mol. The van der Waals surface area contributed by atoms with Gasteiger partial charge < -0.3 is 38.4 Å². The minimum atomic E-state index is -0.611. The SMILES string of the molecule is COc1ccc(C2=N[C@@H](c3ccc(Cl)cc3)[C@@H](c3ccc(Cl)cc3)N2C(=O)N2CCN(C3CCCC(Oc4ccc(C(=O)Nc5ncc(Sc6cc(C(=O)N7CCOCC7)c(OC)cc6C)s5)cc4)CC3)C(=O)C2)c(OC(C)C)c1. The Hall–Kier alpha value is -6.83. The molecule has 5 amide bonds. The number of amidine groups is 1. The molecule has 1 N–H and O–H groups in total. The minimum absolute atomic E-state index is 0.0125. The van der Waals surface area contributed by atoms with Gasteiger partial charge in [0.1, 0.15) is 41.4 Å². The number of nitrogens with one attached hydrogen (secondary N) is 1. The number of nitrogens with zero attached hydrogens (tertiary/aromatic N) is 6. The van der Waals surface area contributed by atoms with Crippen LogP contribution in [0.25, 0.3) is 0 Å². The van der Waals surface area contributed by atoms with E-state index in [9.17, 15) is 14.4 Å². The van der Waals surface area contributed by atoms with Crippen LogP contribution in [0.4, 0.5) is 9.93 Å². The number of morpholine rings is 1. The summed E-state index contributed by atoms with van der Waals surface area (Å²) in [6, 6.07) is 29.7. The molecule has 4 aliphatic rings. The maximum atomic E-state index is 15.3. The maximum Gasteiger partial charge on any atom is 0.326 e. The second-order valence-corrected chi connectivity index (χ2v) is 23.6. The number of benzene rings is 5. The zero-order valence-corrected chi connectivity index (χ0v) is 48.3. The topological polar surface area (TPSA) is 165 Å². The third-order valence-electron chi connectivity index (χ3n) is 14.7. The van der Waals surface area contributed by atoms with Gasteiger partial charge in [-0.1, -0.05) is 70.6 Å². The Labute approximate surface area is 484 Å². The Morgan fingerprint density at radius 1 is 0.787 bits per heavy atom. The summed E-state index contributed by atoms with van der Waals surface area (Å²) in [5.41, 5.74) is 4.18. The zero-order valence-electron chi connectivity index (χ0n) is 45.2. The van der Waals surface area contributed by atoms with Crippen molar-refractivity contribution in [3.05, 3.63) is 153 Å². The molecule has 10 rings (SSSR count). The van der Waals surface area contributed by atoms with E-state index >= 15 is 4.79 Å². The van der Waals surface area contributed by atoms with Crippen molar-refractivity contribution in [3.63, 3.8) is 0 Å². The van der Waals surface area contributed by atoms with Gasteiger partial charge in [0.15, 0.2) is 5.13 Å². The molecule has 0 spiro atoms. The Morgan fingerprint density at radius 2 is 1.50 bits per heavy atom. The van der Waals surface area contributed by atoms with E-state index in [2.05, 4.69) is 10.3 Å². The Kier molecular flexibility index (Phi) is 17.9. The average molecular weight is 1160 g/mol. The fraction of sp³-hybridized carbons (Fsp3) is 0.367. The molecule has 3 aliphatic heterocycles. The second kappa shape index (κ2) is 25.3. The highest BCUT2D eigenvalue weighted by Crippen LogP contribution is 2.46. The summed E-state index contributed by atoms with van der Waals surface area (Å²) >= 11 is 15.6. The standard InChI is InChI=1S/C60H63Cl2N7O9S2/c1-36(2)77-50-32-46(74-4)23-24-47(50)56-64-54(38-9-15-41(61)16-10-38)55(39-11-17-42(62)18-12-39)69(56)60(73)67-25-26-68(52(70)35-67)43-7-6-8-44(22-19-43)78-45-20-13-40(14-21-45)57(71)65-59-63-34-53(80-59)79-51-33-48(49(75-5)31-37(51)3)58(72)66-27-29-76-30-28-66/h9-18,20-21,23-24,31-34,36,43-44,54-55H,6-8,19,22,25-30,35H2,1-5H3,(H,63,65,71)/t43?,44?,54-,55+/m0/s1. The third-order valence-corrected chi connectivity index (χ3v) is 17.4. The van der Waals surface area contributed by atoms with Crippen molar-refractivity contribution in [1.82, 2.24) is 24.6 Å². The molecule has 20 heteroatoms. The van der Waals surface area contributed by atoms with Crippen LogP contribution in [0.2, 0.25) is 10.0 Å². The number of aromatic nitrogens is 1. The van der Waals surface area contributed by atoms with Crippen LogP contribution in [0.3, 0.4) is 0 Å². The number of aryl methyl sites for hydroxylation is 1. The van der Waals surface area contributed by atoms with Crippen LogP contribution in [0.15, 0.2) is 123 Å². The molecule has 1 aliphatic carbocycles. The van der Waals surface area contributed by atoms with Gasteiger partial charge in [-0.25, -0.2) is 9.78 Å². The maximum absolute atomic E-state index is 15.3. The summed E-state index contributed by atoms with van der Waals surface area (Å²) < 4.78 is 30.3. The third kappa shape index (κ3) is 12.8. The van der Waals surface area contributed by atoms with E-state index in [1.807, 2.05) is 86.3 Å². The molecule has 2 unspecified atom stereocenters. The molecule has 2 saturated heterocycles. The number of aliphatic imine (C=N–C) groups is 1. The lowest BCUT2D eigenvalue weighted by molar-refractivity contribution is -0.138. The van der Waals surface area contributed by atoms with E-state index < -0.39 is 12.1 Å². The first kappa shape index (κ1) is 56.4. The number of piperazine rings is 1. The largest absolute Gasteiger partial charge is 0.497 e. The molecule has 80 heavy (non-hydrogen) atoms. The molecule has 1 saturated carbocycles. The summed E-state index contributed by atoms with van der Waals surface area (Å²) in [4.78, 5) is 74.3. The molecular weight excluding hydrogens is 1100 g/mol. The highest BCUT2D eigenvalue weighted by Gasteiger charge is 2.46. The van der Waals surface area contributed by atoms with Crippen LogP contribution >= 0.6 is 46.3 Å². The number of carbonyl (C=O) groups is 4. The lowest BCUT2D eigenvalue weighted by atomic mass is 9.93. The number of hydrogen-bond acceptors (Lipinski definition) is 13. The molecule has 418 valence electrons. The summed E-state index contributed by atoms with van der Waals surface area (Å²) in [5, 5.41) is 4.51. The molecule has 4 heterocycles. The number of thiazole rings is 1. The molecule has 3 fully saturated rings. The first-order valence-corrected chi connectivity index (χ1v) is 29.2. The average Bonchev–Trinajstić information content (AvgIpc) is 4.08. The second-order valence-electron chi connectivity index (χ2n) is 20.3. The number of methoxy groups -OCH3 is 2. The molecular formula is C60H63Cl2N7O9S2. The number of urea groups is 1. The predicted octanol–water partition coefficient (Wildman–Crippen LogP) is 12.0. The van der Waals surface area contributed by atoms with E-state index in [0.717, 1.165) is 57.9 Å². The lowest BCUT2D eigenvalue weighted by Crippen LogP contribution is -2.58. The van der Waals surface area contributed by atoms with Crippen molar-refractivity contribution < 1.29 is 42.9 Å². The van der Waals surface area contributed by atoms with Crippen molar-refractivity contribution in [2.24, 2.45) is 4.99 Å². The van der Waals surface area contributed by atoms with Crippen LogP contribution in [-0.4, -0.2) is 133 Å². The molecule has 4 atom stereocenters.